The van der Waals surface area contributed by atoms with Gasteiger partial charge in [0.1, 0.15) is 0 Å². The topological polar surface area (TPSA) is 56.5 Å². The number of halogens is 1. The van der Waals surface area contributed by atoms with Gasteiger partial charge in [0.25, 0.3) is 0 Å². The molecule has 1 heterocycles. The highest BCUT2D eigenvalue weighted by Crippen LogP contribution is 2.36. The van der Waals surface area contributed by atoms with Crippen LogP contribution in [0.1, 0.15) is 50.8 Å². The number of carbonyl (C=O) groups is 2. The van der Waals surface area contributed by atoms with Crippen molar-refractivity contribution >= 4 is 23.2 Å². The van der Waals surface area contributed by atoms with E-state index in [1.165, 1.54) is 0 Å². The minimum Gasteiger partial charge on any atom is -0.493 e. The maximum Gasteiger partial charge on any atom is 0.180 e. The third-order valence-electron chi connectivity index (χ3n) is 6.22. The normalized spacial score (nSPS) is 15.2. The van der Waals surface area contributed by atoms with E-state index in [1.54, 1.807) is 27.2 Å². The smallest absolute Gasteiger partial charge is 0.180 e. The Hall–Kier alpha value is -3.18. The molecule has 0 fully saturated rings. The Bertz CT molecular complexity index is 1220. The van der Waals surface area contributed by atoms with Crippen molar-refractivity contribution in [3.8, 4) is 11.5 Å². The highest BCUT2D eigenvalue weighted by Gasteiger charge is 2.30. The van der Waals surface area contributed by atoms with E-state index in [9.17, 15) is 9.59 Å². The summed E-state index contributed by atoms with van der Waals surface area (Å²) < 4.78 is 12.7. The van der Waals surface area contributed by atoms with Gasteiger partial charge in [-0.3, -0.25) is 9.59 Å². The Balaban J connectivity index is 1.58. The molecule has 5 nitrogen and oxygen atoms in total. The highest BCUT2D eigenvalue weighted by atomic mass is 35.5. The number of Topliss-reactive ketones (excluding diaryl/α,β-unsaturated/α-hetero) is 2. The lowest BCUT2D eigenvalue weighted by molar-refractivity contribution is -0.688. The van der Waals surface area contributed by atoms with Gasteiger partial charge >= 0.3 is 0 Å². The molecule has 0 bridgehead atoms. The molecule has 170 valence electrons. The molecule has 6 heteroatoms. The number of aromatic nitrogens is 1. The molecular formula is C27H27ClNO4+. The number of ketones is 2. The molecule has 3 aromatic rings. The summed E-state index contributed by atoms with van der Waals surface area (Å²) in [6.07, 6.45) is 5.87. The summed E-state index contributed by atoms with van der Waals surface area (Å²) in [4.78, 5) is 25.8. The fourth-order valence-corrected chi connectivity index (χ4v) is 4.72. The lowest BCUT2D eigenvalue weighted by Gasteiger charge is -2.25. The van der Waals surface area contributed by atoms with Crippen molar-refractivity contribution in [3.63, 3.8) is 0 Å². The second kappa shape index (κ2) is 9.75. The Morgan fingerprint density at radius 2 is 1.88 bits per heavy atom. The van der Waals surface area contributed by atoms with Gasteiger partial charge in [0.05, 0.1) is 19.8 Å². The van der Waals surface area contributed by atoms with E-state index in [4.69, 9.17) is 21.1 Å². The molecule has 0 saturated heterocycles. The van der Waals surface area contributed by atoms with Crippen LogP contribution in [0.3, 0.4) is 0 Å². The molecule has 1 atom stereocenters. The molecule has 0 aliphatic heterocycles. The number of benzene rings is 2. The zero-order valence-corrected chi connectivity index (χ0v) is 19.8. The predicted molar refractivity (Wildman–Crippen MR) is 127 cm³/mol. The molecule has 0 amide bonds. The maximum atomic E-state index is 13.3. The number of methoxy groups -OCH3 is 2. The largest absolute Gasteiger partial charge is 0.493 e. The molecule has 0 spiro atoms. The van der Waals surface area contributed by atoms with E-state index in [-0.39, 0.29) is 17.5 Å². The van der Waals surface area contributed by atoms with Crippen LogP contribution in [-0.2, 0) is 19.4 Å². The summed E-state index contributed by atoms with van der Waals surface area (Å²) in [6.45, 7) is 2.18. The highest BCUT2D eigenvalue weighted by molar-refractivity contribution is 6.30. The number of fused-ring (bicyclic) bond motifs is 1. The fraction of sp³-hybridized carbons (Fsp3) is 0.296. The van der Waals surface area contributed by atoms with Crippen LogP contribution in [0.5, 0.6) is 11.5 Å². The molecule has 0 N–H and O–H groups in total. The lowest BCUT2D eigenvalue weighted by atomic mass is 9.79. The maximum absolute atomic E-state index is 13.3. The lowest BCUT2D eigenvalue weighted by Crippen LogP contribution is -2.35. The third kappa shape index (κ3) is 4.93. The third-order valence-corrected chi connectivity index (χ3v) is 6.45. The first kappa shape index (κ1) is 23.0. The van der Waals surface area contributed by atoms with Gasteiger partial charge in [-0.25, -0.2) is 4.57 Å². The van der Waals surface area contributed by atoms with E-state index in [0.717, 1.165) is 29.5 Å². The summed E-state index contributed by atoms with van der Waals surface area (Å²) in [7, 11) is 3.16. The van der Waals surface area contributed by atoms with Gasteiger partial charge in [-0.05, 0) is 61.6 Å². The van der Waals surface area contributed by atoms with E-state index in [0.29, 0.717) is 40.6 Å². The molecule has 0 radical (unpaired) electrons. The molecule has 1 aromatic heterocycles. The summed E-state index contributed by atoms with van der Waals surface area (Å²) in [5.41, 5.74) is 4.25. The van der Waals surface area contributed by atoms with Gasteiger partial charge in [-0.2, -0.15) is 0 Å². The number of ether oxygens (including phenoxy) is 2. The number of rotatable bonds is 7. The number of hydrogen-bond acceptors (Lipinski definition) is 4. The van der Waals surface area contributed by atoms with Crippen LogP contribution >= 0.6 is 11.6 Å². The number of nitrogens with zero attached hydrogens (tertiary/aromatic N) is 1. The number of aryl methyl sites for hydroxylation is 1. The average Bonchev–Trinajstić information content (AvgIpc) is 2.81. The minimum atomic E-state index is -0.183. The Labute approximate surface area is 198 Å². The quantitative estimate of drug-likeness (QED) is 0.369. The van der Waals surface area contributed by atoms with Crippen LogP contribution < -0.4 is 14.0 Å². The second-order valence-electron chi connectivity index (χ2n) is 8.41. The van der Waals surface area contributed by atoms with Crippen LogP contribution in [-0.4, -0.2) is 25.8 Å². The van der Waals surface area contributed by atoms with Crippen molar-refractivity contribution in [2.45, 2.75) is 32.7 Å². The summed E-state index contributed by atoms with van der Waals surface area (Å²) in [5.74, 6) is 1.07. The van der Waals surface area contributed by atoms with Crippen molar-refractivity contribution in [2.75, 3.05) is 14.2 Å². The molecule has 4 rings (SSSR count). The molecule has 2 aromatic carbocycles. The predicted octanol–water partition coefficient (Wildman–Crippen LogP) is 4.88. The number of carbonyl (C=O) groups excluding carboxylic acids is 2. The van der Waals surface area contributed by atoms with Crippen molar-refractivity contribution in [1.29, 1.82) is 0 Å². The Morgan fingerprint density at radius 3 is 2.58 bits per heavy atom. The first-order valence-electron chi connectivity index (χ1n) is 11.0. The molecule has 33 heavy (non-hydrogen) atoms. The second-order valence-corrected chi connectivity index (χ2v) is 8.85. The van der Waals surface area contributed by atoms with Crippen LogP contribution in [0.15, 0.2) is 54.9 Å². The zero-order chi connectivity index (χ0) is 23.5. The SMILES string of the molecule is COc1cc2c(cc1OC)C(=O)C(Cc1cc[n+](Cc3cccc(Cl)c3)cc1C(C)=O)CC2. The van der Waals surface area contributed by atoms with Crippen LogP contribution in [0, 0.1) is 5.92 Å². The standard InChI is InChI=1S/C27H27ClNO4/c1-17(30)24-16-29(15-18-5-4-6-22(28)11-18)10-9-20(24)12-21-8-7-19-13-25(32-2)26(33-3)14-23(19)27(21)31/h4-6,9-11,13-14,16,21H,7-8,12,15H2,1-3H3/q+1. The van der Waals surface area contributed by atoms with E-state index in [1.807, 2.05) is 53.4 Å². The summed E-state index contributed by atoms with van der Waals surface area (Å²) in [6, 6.07) is 13.3. The van der Waals surface area contributed by atoms with Crippen LogP contribution in [0.25, 0.3) is 0 Å². The van der Waals surface area contributed by atoms with Crippen LogP contribution in [0.4, 0.5) is 0 Å². The van der Waals surface area contributed by atoms with Gasteiger partial charge < -0.3 is 9.47 Å². The monoisotopic (exact) mass is 464 g/mol. The van der Waals surface area contributed by atoms with Gasteiger partial charge in [-0.1, -0.05) is 23.7 Å². The molecule has 1 unspecified atom stereocenters. The van der Waals surface area contributed by atoms with Gasteiger partial charge in [0, 0.05) is 28.1 Å². The molecule has 0 saturated carbocycles. The molecule has 1 aliphatic carbocycles. The molecular weight excluding hydrogens is 438 g/mol. The van der Waals surface area contributed by atoms with Crippen molar-refractivity contribution in [3.05, 3.63) is 87.7 Å². The number of pyridine rings is 1. The van der Waals surface area contributed by atoms with Crippen molar-refractivity contribution in [2.24, 2.45) is 5.92 Å². The van der Waals surface area contributed by atoms with Gasteiger partial charge in [0.2, 0.25) is 0 Å². The minimum absolute atomic E-state index is 0.0134. The van der Waals surface area contributed by atoms with E-state index in [2.05, 4.69) is 0 Å². The Kier molecular flexibility index (Phi) is 6.80. The van der Waals surface area contributed by atoms with Crippen LogP contribution in [0.2, 0.25) is 5.02 Å². The average molecular weight is 465 g/mol. The first-order valence-corrected chi connectivity index (χ1v) is 11.3. The van der Waals surface area contributed by atoms with E-state index < -0.39 is 0 Å². The first-order chi connectivity index (χ1) is 15.9. The number of hydrogen-bond donors (Lipinski definition) is 0. The van der Waals surface area contributed by atoms with E-state index >= 15 is 0 Å². The zero-order valence-electron chi connectivity index (χ0n) is 19.1. The summed E-state index contributed by atoms with van der Waals surface area (Å²) in [5, 5.41) is 0.682. The summed E-state index contributed by atoms with van der Waals surface area (Å²) >= 11 is 6.10. The van der Waals surface area contributed by atoms with Crippen molar-refractivity contribution < 1.29 is 23.6 Å². The van der Waals surface area contributed by atoms with Gasteiger partial charge in [0.15, 0.2) is 42.0 Å². The molecule has 1 aliphatic rings. The van der Waals surface area contributed by atoms with Gasteiger partial charge in [-0.15, -0.1) is 0 Å². The van der Waals surface area contributed by atoms with Crippen molar-refractivity contribution in [1.82, 2.24) is 0 Å². The Morgan fingerprint density at radius 1 is 1.12 bits per heavy atom. The fourth-order valence-electron chi connectivity index (χ4n) is 4.50.